The molecule has 28 heteroatoms. The molecule has 0 heterocycles. The van der Waals surface area contributed by atoms with Crippen molar-refractivity contribution in [3.05, 3.63) is 91.0 Å². The second kappa shape index (κ2) is 16.4. The largest absolute Gasteiger partial charge is 0.508 e. The molecule has 62 heavy (non-hydrogen) atoms. The lowest BCUT2D eigenvalue weighted by Gasteiger charge is -2.14. The van der Waals surface area contributed by atoms with Gasteiger partial charge in [0.25, 0.3) is 40.5 Å². The highest BCUT2D eigenvalue weighted by molar-refractivity contribution is 7.86. The number of hydrogen-bond acceptors (Lipinski definition) is 19. The molecule has 321 valence electrons. The van der Waals surface area contributed by atoms with E-state index in [1.807, 2.05) is 0 Å². The molecule has 0 aliphatic carbocycles. The molecule has 0 spiro atoms. The predicted molar refractivity (Wildman–Crippen MR) is 220 cm³/mol. The molecule has 6 aromatic rings. The Balaban J connectivity index is 1.40. The van der Waals surface area contributed by atoms with Crippen molar-refractivity contribution in [3.63, 3.8) is 0 Å². The maximum atomic E-state index is 12.6. The van der Waals surface area contributed by atoms with Crippen LogP contribution in [0.15, 0.2) is 141 Å². The van der Waals surface area contributed by atoms with Crippen molar-refractivity contribution in [2.75, 3.05) is 16.8 Å². The first-order valence-electron chi connectivity index (χ1n) is 16.5. The smallest absolute Gasteiger partial charge is 0.296 e. The zero-order chi connectivity index (χ0) is 45.5. The summed E-state index contributed by atoms with van der Waals surface area (Å²) in [6, 6.07) is 16.9. The van der Waals surface area contributed by atoms with Crippen molar-refractivity contribution in [2.45, 2.75) is 19.6 Å². The standard InChI is InChI=1S/C34H27N10O14S4/c35-17-1-10-26(59(47,48)49)25(13-17)42-44-33-29(62(56,57)58)12-16-11-28(61(53,54)55)32(31(37)30(16)34(33)46)43-40-20-6-8-24(27(14-20)60(50,51)52)38-18-2-4-19(5-3-18)39-41-23-9-7-21(45)15-22(23)36/h1-15,35,38,45-46H,36-37H2,(H,47,48,49)(H,50,51,52)(H,53,54,55)(H,56,57,58)/b41-39+,43-40+,44-42+. The summed E-state index contributed by atoms with van der Waals surface area (Å²) in [6.07, 6.45) is 0. The molecule has 12 N–H and O–H groups in total. The van der Waals surface area contributed by atoms with E-state index < -0.39 is 99.3 Å². The Kier molecular flexibility index (Phi) is 11.7. The summed E-state index contributed by atoms with van der Waals surface area (Å²) in [5.41, 5.74) is 16.4. The number of nitrogens with one attached hydrogen (secondary N) is 2. The summed E-state index contributed by atoms with van der Waals surface area (Å²) in [5, 5.41) is 45.1. The lowest BCUT2D eigenvalue weighted by atomic mass is 10.1. The van der Waals surface area contributed by atoms with Crippen LogP contribution in [0.3, 0.4) is 0 Å². The van der Waals surface area contributed by atoms with E-state index in [1.165, 1.54) is 42.5 Å². The second-order valence-electron chi connectivity index (χ2n) is 12.6. The third-order valence-corrected chi connectivity index (χ3v) is 11.8. The number of nitrogens with two attached hydrogens (primary N) is 2. The van der Waals surface area contributed by atoms with Gasteiger partial charge < -0.3 is 32.7 Å². The topological polar surface area (TPSA) is 420 Å². The maximum absolute atomic E-state index is 12.6. The SMILES string of the molecule is [NH]c1ccc(S(=O)(=O)O)c(/N=N/c2c(S(=O)(=O)O)cc3cc(S(=O)(=O)O)c(/N=N/c4ccc(Nc5ccc(/N=N/c6ccc(O)cc6N)cc5)c(S(=O)(=O)O)c4)c(N)c3c2O)c1. The van der Waals surface area contributed by atoms with E-state index in [0.717, 1.165) is 36.4 Å². The van der Waals surface area contributed by atoms with Gasteiger partial charge in [0.1, 0.15) is 48.1 Å². The minimum Gasteiger partial charge on any atom is -0.508 e. The summed E-state index contributed by atoms with van der Waals surface area (Å²) in [7, 11) is -20.7. The van der Waals surface area contributed by atoms with Gasteiger partial charge in [0.05, 0.1) is 39.5 Å². The van der Waals surface area contributed by atoms with Crippen molar-refractivity contribution < 1.29 is 62.1 Å². The van der Waals surface area contributed by atoms with Gasteiger partial charge in [0, 0.05) is 11.8 Å². The minimum absolute atomic E-state index is 0.0599. The number of nitrogens with zero attached hydrogens (tertiary/aromatic N) is 6. The number of rotatable bonds is 12. The van der Waals surface area contributed by atoms with Crippen LogP contribution in [0.4, 0.5) is 62.6 Å². The van der Waals surface area contributed by atoms with E-state index >= 15 is 0 Å². The van der Waals surface area contributed by atoms with Gasteiger partial charge in [-0.05, 0) is 90.3 Å². The summed E-state index contributed by atoms with van der Waals surface area (Å²) in [6.45, 7) is 0. The third-order valence-electron chi connectivity index (χ3n) is 8.30. The fourth-order valence-corrected chi connectivity index (χ4v) is 8.13. The molecule has 1 radical (unpaired) electrons. The average Bonchev–Trinajstić information content (AvgIpc) is 3.16. The Bertz CT molecular complexity index is 3380. The summed E-state index contributed by atoms with van der Waals surface area (Å²) >= 11 is 0. The van der Waals surface area contributed by atoms with Gasteiger partial charge in [-0.1, -0.05) is 0 Å². The Labute approximate surface area is 349 Å². The molecule has 0 aliphatic rings. The number of nitrogen functional groups attached to an aromatic ring is 2. The molecule has 24 nitrogen and oxygen atoms in total. The van der Waals surface area contributed by atoms with Crippen molar-refractivity contribution in [2.24, 2.45) is 30.7 Å². The molecule has 0 aliphatic heterocycles. The summed E-state index contributed by atoms with van der Waals surface area (Å²) in [5.74, 6) is -1.29. The number of anilines is 4. The molecule has 0 amide bonds. The first-order chi connectivity index (χ1) is 28.8. The summed E-state index contributed by atoms with van der Waals surface area (Å²) < 4.78 is 138. The van der Waals surface area contributed by atoms with Gasteiger partial charge in [-0.3, -0.25) is 18.2 Å². The maximum Gasteiger partial charge on any atom is 0.296 e. The molecule has 0 atom stereocenters. The number of azo groups is 3. The monoisotopic (exact) mass is 927 g/mol. The fourth-order valence-electron chi connectivity index (χ4n) is 5.53. The highest BCUT2D eigenvalue weighted by atomic mass is 32.2. The van der Waals surface area contributed by atoms with E-state index in [2.05, 4.69) is 36.0 Å². The lowest BCUT2D eigenvalue weighted by Crippen LogP contribution is -2.04. The second-order valence-corrected chi connectivity index (χ2v) is 18.1. The Morgan fingerprint density at radius 2 is 1.06 bits per heavy atom. The van der Waals surface area contributed by atoms with Crippen molar-refractivity contribution in [1.29, 1.82) is 0 Å². The molecule has 0 fully saturated rings. The van der Waals surface area contributed by atoms with Crippen LogP contribution in [0.25, 0.3) is 10.8 Å². The molecular formula is C34H27N10O14S4. The number of phenolic OH excluding ortho intramolecular Hbond substituents is 2. The van der Waals surface area contributed by atoms with E-state index in [0.29, 0.717) is 23.5 Å². The van der Waals surface area contributed by atoms with Crippen molar-refractivity contribution >= 4 is 114 Å². The summed E-state index contributed by atoms with van der Waals surface area (Å²) in [4.78, 5) is -4.00. The van der Waals surface area contributed by atoms with Gasteiger partial charge in [-0.25, -0.2) is 0 Å². The molecule has 6 rings (SSSR count). The van der Waals surface area contributed by atoms with Crippen LogP contribution in [0.5, 0.6) is 11.5 Å². The van der Waals surface area contributed by atoms with Crippen LogP contribution in [-0.4, -0.2) is 62.1 Å². The highest BCUT2D eigenvalue weighted by Crippen LogP contribution is 2.48. The van der Waals surface area contributed by atoms with Gasteiger partial charge in [0.2, 0.25) is 0 Å². The van der Waals surface area contributed by atoms with Gasteiger partial charge in [-0.15, -0.1) is 20.5 Å². The molecule has 6 aromatic carbocycles. The van der Waals surface area contributed by atoms with Gasteiger partial charge >= 0.3 is 0 Å². The van der Waals surface area contributed by atoms with Crippen LogP contribution in [-0.2, 0) is 40.5 Å². The molecular weight excluding hydrogens is 901 g/mol. The van der Waals surface area contributed by atoms with Crippen LogP contribution in [0.2, 0.25) is 0 Å². The number of hydrogen-bond donors (Lipinski definition) is 9. The van der Waals surface area contributed by atoms with Crippen molar-refractivity contribution in [3.8, 4) is 11.5 Å². The molecule has 0 unspecified atom stereocenters. The number of benzene rings is 6. The quantitative estimate of drug-likeness (QED) is 0.0330. The molecule has 0 aromatic heterocycles. The molecule has 0 bridgehead atoms. The average molecular weight is 928 g/mol. The van der Waals surface area contributed by atoms with E-state index in [4.69, 9.17) is 17.2 Å². The zero-order valence-electron chi connectivity index (χ0n) is 30.6. The molecule has 0 saturated carbocycles. The Morgan fingerprint density at radius 3 is 1.66 bits per heavy atom. The molecule has 0 saturated heterocycles. The van der Waals surface area contributed by atoms with Crippen LogP contribution < -0.4 is 22.5 Å². The number of phenols is 2. The van der Waals surface area contributed by atoms with Crippen LogP contribution >= 0.6 is 0 Å². The lowest BCUT2D eigenvalue weighted by molar-refractivity contribution is 0.472. The van der Waals surface area contributed by atoms with E-state index in [1.54, 1.807) is 0 Å². The Morgan fingerprint density at radius 1 is 0.516 bits per heavy atom. The van der Waals surface area contributed by atoms with Crippen molar-refractivity contribution in [1.82, 2.24) is 5.73 Å². The third kappa shape index (κ3) is 9.72. The predicted octanol–water partition coefficient (Wildman–Crippen LogP) is 7.31. The minimum atomic E-state index is -5.38. The first kappa shape index (κ1) is 44.4. The van der Waals surface area contributed by atoms with Gasteiger partial charge in [0.15, 0.2) is 5.75 Å². The number of aromatic hydroxyl groups is 2. The van der Waals surface area contributed by atoms with E-state index in [9.17, 15) is 62.1 Å². The van der Waals surface area contributed by atoms with E-state index in [-0.39, 0.29) is 34.2 Å². The van der Waals surface area contributed by atoms with Crippen LogP contribution in [0.1, 0.15) is 0 Å². The fraction of sp³-hybridized carbons (Fsp3) is 0. The first-order valence-corrected chi connectivity index (χ1v) is 22.3. The van der Waals surface area contributed by atoms with Gasteiger partial charge in [-0.2, -0.15) is 43.9 Å². The zero-order valence-corrected chi connectivity index (χ0v) is 33.8. The number of fused-ring (bicyclic) bond motifs is 1. The highest BCUT2D eigenvalue weighted by Gasteiger charge is 2.28. The normalized spacial score (nSPS) is 12.8. The van der Waals surface area contributed by atoms with Crippen LogP contribution in [0, 0.1) is 0 Å². The Hall–Kier alpha value is -7.18.